The van der Waals surface area contributed by atoms with E-state index in [-0.39, 0.29) is 42.8 Å². The van der Waals surface area contributed by atoms with E-state index >= 15 is 0 Å². The Morgan fingerprint density at radius 2 is 1.63 bits per heavy atom. The van der Waals surface area contributed by atoms with E-state index in [4.69, 9.17) is 9.47 Å². The molecule has 244 valence electrons. The average molecular weight is 629 g/mol. The molecule has 46 heavy (non-hydrogen) atoms. The normalized spacial score (nSPS) is 18.7. The van der Waals surface area contributed by atoms with Crippen molar-refractivity contribution in [2.24, 2.45) is 5.92 Å². The fourth-order valence-electron chi connectivity index (χ4n) is 6.39. The summed E-state index contributed by atoms with van der Waals surface area (Å²) in [5.41, 5.74) is 4.06. The minimum Gasteiger partial charge on any atom is -0.495 e. The van der Waals surface area contributed by atoms with Gasteiger partial charge in [-0.15, -0.1) is 0 Å². The van der Waals surface area contributed by atoms with Crippen LogP contribution in [-0.4, -0.2) is 78.2 Å². The smallest absolute Gasteiger partial charge is 0.323 e. The molecular weight excluding hydrogens is 584 g/mol. The van der Waals surface area contributed by atoms with Crippen LogP contribution in [0.2, 0.25) is 0 Å². The molecule has 0 bridgehead atoms. The Kier molecular flexibility index (Phi) is 11.3. The van der Waals surface area contributed by atoms with Crippen molar-refractivity contribution >= 4 is 29.3 Å². The van der Waals surface area contributed by atoms with Gasteiger partial charge >= 0.3 is 12.0 Å². The second-order valence-electron chi connectivity index (χ2n) is 12.3. The van der Waals surface area contributed by atoms with E-state index in [1.54, 1.807) is 12.1 Å². The van der Waals surface area contributed by atoms with Crippen molar-refractivity contribution in [2.45, 2.75) is 57.8 Å². The zero-order valence-electron chi connectivity index (χ0n) is 26.6. The van der Waals surface area contributed by atoms with Crippen LogP contribution in [0.5, 0.6) is 5.75 Å². The van der Waals surface area contributed by atoms with Gasteiger partial charge in [0.2, 0.25) is 5.91 Å². The number of nitrogens with one attached hydrogen (secondary N) is 2. The largest absolute Gasteiger partial charge is 0.495 e. The number of methoxy groups -OCH3 is 1. The summed E-state index contributed by atoms with van der Waals surface area (Å²) in [7, 11) is 1.54. The molecule has 2 aliphatic heterocycles. The average Bonchev–Trinajstić information content (AvgIpc) is 3.45. The lowest BCUT2D eigenvalue weighted by molar-refractivity contribution is -0.138. The molecular formula is C36H44N4O6. The highest BCUT2D eigenvalue weighted by atomic mass is 16.5. The standard InChI is InChI=1S/C36H44N4O6/c1-25-8-6-7-11-31(25)37-36(44)38-32-13-12-28(18-33(32)45-2)19-34(41)40-23-30(46-24-27-9-4-3-5-10-27)21-29(40)22-39-16-14-26(15-17-39)20-35(42)43/h3-13,18,26,29-30H,14-17,19-24H2,1-2H3,(H,42,43)(H2,37,38,44)/t29-,30+/m0/s1. The van der Waals surface area contributed by atoms with Crippen LogP contribution < -0.4 is 15.4 Å². The number of likely N-dealkylation sites (tertiary alicyclic amines) is 2. The van der Waals surface area contributed by atoms with Crippen molar-refractivity contribution in [3.05, 3.63) is 89.5 Å². The van der Waals surface area contributed by atoms with Crippen LogP contribution in [0.1, 0.15) is 42.4 Å². The molecule has 3 N–H and O–H groups in total. The fraction of sp³-hybridized carbons (Fsp3) is 0.417. The molecule has 3 aromatic carbocycles. The van der Waals surface area contributed by atoms with Crippen LogP contribution in [0.3, 0.4) is 0 Å². The molecule has 3 amide bonds. The Labute approximate surface area is 270 Å². The second-order valence-corrected chi connectivity index (χ2v) is 12.3. The molecule has 0 aliphatic carbocycles. The van der Waals surface area contributed by atoms with Crippen molar-refractivity contribution in [1.29, 1.82) is 0 Å². The van der Waals surface area contributed by atoms with Crippen molar-refractivity contribution in [2.75, 3.05) is 43.9 Å². The summed E-state index contributed by atoms with van der Waals surface area (Å²) >= 11 is 0. The van der Waals surface area contributed by atoms with Gasteiger partial charge in [-0.3, -0.25) is 9.59 Å². The van der Waals surface area contributed by atoms with E-state index in [1.807, 2.05) is 72.5 Å². The molecule has 2 aliphatic rings. The number of amides is 3. The van der Waals surface area contributed by atoms with E-state index in [0.717, 1.165) is 61.3 Å². The van der Waals surface area contributed by atoms with Crippen LogP contribution in [0, 0.1) is 12.8 Å². The van der Waals surface area contributed by atoms with Gasteiger partial charge in [0.05, 0.1) is 31.9 Å². The number of ether oxygens (including phenoxy) is 2. The molecule has 0 saturated carbocycles. The third-order valence-electron chi connectivity index (χ3n) is 8.93. The molecule has 10 nitrogen and oxygen atoms in total. The van der Waals surface area contributed by atoms with Crippen LogP contribution >= 0.6 is 0 Å². The molecule has 5 rings (SSSR count). The number of carboxylic acids is 1. The van der Waals surface area contributed by atoms with Crippen molar-refractivity contribution < 1.29 is 29.0 Å². The zero-order chi connectivity index (χ0) is 32.5. The van der Waals surface area contributed by atoms with Gasteiger partial charge in [0.25, 0.3) is 0 Å². The van der Waals surface area contributed by atoms with E-state index in [2.05, 4.69) is 15.5 Å². The Bertz CT molecular complexity index is 1490. The van der Waals surface area contributed by atoms with Crippen molar-refractivity contribution in [3.63, 3.8) is 0 Å². The summed E-state index contributed by atoms with van der Waals surface area (Å²) in [4.78, 5) is 42.0. The number of para-hydroxylation sites is 1. The summed E-state index contributed by atoms with van der Waals surface area (Å²) in [6.07, 6.45) is 2.77. The Morgan fingerprint density at radius 3 is 2.35 bits per heavy atom. The number of anilines is 2. The maximum absolute atomic E-state index is 13.8. The fourth-order valence-corrected chi connectivity index (χ4v) is 6.39. The van der Waals surface area contributed by atoms with Crippen molar-refractivity contribution in [1.82, 2.24) is 9.80 Å². The Morgan fingerprint density at radius 1 is 0.913 bits per heavy atom. The Balaban J connectivity index is 1.23. The molecule has 2 fully saturated rings. The third-order valence-corrected chi connectivity index (χ3v) is 8.93. The number of hydrogen-bond donors (Lipinski definition) is 3. The number of carboxylic acid groups (broad SMARTS) is 1. The number of urea groups is 1. The van der Waals surface area contributed by atoms with Crippen LogP contribution in [0.25, 0.3) is 0 Å². The van der Waals surface area contributed by atoms with Gasteiger partial charge in [0.1, 0.15) is 5.75 Å². The summed E-state index contributed by atoms with van der Waals surface area (Å²) in [5.74, 6) is -0.0541. The molecule has 10 heteroatoms. The molecule has 3 aromatic rings. The van der Waals surface area contributed by atoms with Gasteiger partial charge in [-0.2, -0.15) is 0 Å². The second kappa shape index (κ2) is 15.7. The minimum absolute atomic E-state index is 0.00253. The maximum atomic E-state index is 13.8. The summed E-state index contributed by atoms with van der Waals surface area (Å²) < 4.78 is 11.9. The van der Waals surface area contributed by atoms with Crippen LogP contribution in [0.15, 0.2) is 72.8 Å². The number of carbonyl (C=O) groups excluding carboxylic acids is 2. The predicted octanol–water partition coefficient (Wildman–Crippen LogP) is 5.56. The number of piperidine rings is 1. The van der Waals surface area contributed by atoms with Crippen molar-refractivity contribution in [3.8, 4) is 5.75 Å². The van der Waals surface area contributed by atoms with Gasteiger partial charge < -0.3 is 35.0 Å². The number of hydrogen-bond acceptors (Lipinski definition) is 6. The Hall–Kier alpha value is -4.41. The summed E-state index contributed by atoms with van der Waals surface area (Å²) in [5, 5.41) is 14.9. The number of carbonyl (C=O) groups is 3. The topological polar surface area (TPSA) is 120 Å². The van der Waals surface area contributed by atoms with E-state index in [1.165, 1.54) is 7.11 Å². The summed E-state index contributed by atoms with van der Waals surface area (Å²) in [6, 6.07) is 22.6. The van der Waals surface area contributed by atoms with Gasteiger partial charge in [-0.25, -0.2) is 4.79 Å². The molecule has 2 heterocycles. The van der Waals surface area contributed by atoms with E-state index < -0.39 is 5.97 Å². The summed E-state index contributed by atoms with van der Waals surface area (Å²) in [6.45, 7) is 5.32. The number of rotatable bonds is 12. The minimum atomic E-state index is -0.740. The number of benzene rings is 3. The van der Waals surface area contributed by atoms with Gasteiger partial charge in [-0.1, -0.05) is 54.6 Å². The first-order valence-corrected chi connectivity index (χ1v) is 16.0. The number of nitrogens with zero attached hydrogens (tertiary/aromatic N) is 2. The SMILES string of the molecule is COc1cc(CC(=O)N2C[C@H](OCc3ccccc3)C[C@H]2CN2CCC(CC(=O)O)CC2)ccc1NC(=O)Nc1ccccc1C. The molecule has 0 radical (unpaired) electrons. The maximum Gasteiger partial charge on any atom is 0.323 e. The predicted molar refractivity (Wildman–Crippen MR) is 177 cm³/mol. The molecule has 0 aromatic heterocycles. The van der Waals surface area contributed by atoms with Gasteiger partial charge in [0, 0.05) is 31.2 Å². The van der Waals surface area contributed by atoms with E-state index in [0.29, 0.717) is 24.6 Å². The number of aryl methyl sites for hydroxylation is 1. The molecule has 0 spiro atoms. The first kappa shape index (κ1) is 33.0. The highest BCUT2D eigenvalue weighted by Crippen LogP contribution is 2.29. The first-order chi connectivity index (χ1) is 22.3. The quantitative estimate of drug-likeness (QED) is 0.240. The van der Waals surface area contributed by atoms with E-state index in [9.17, 15) is 19.5 Å². The highest BCUT2D eigenvalue weighted by Gasteiger charge is 2.37. The lowest BCUT2D eigenvalue weighted by Gasteiger charge is -2.35. The highest BCUT2D eigenvalue weighted by molar-refractivity contribution is 6.01. The zero-order valence-corrected chi connectivity index (χ0v) is 26.6. The lowest BCUT2D eigenvalue weighted by atomic mass is 9.93. The molecule has 2 saturated heterocycles. The molecule has 2 atom stereocenters. The number of aliphatic carboxylic acids is 1. The van der Waals surface area contributed by atoms with Gasteiger partial charge in [0.15, 0.2) is 0 Å². The lowest BCUT2D eigenvalue weighted by Crippen LogP contribution is -2.46. The first-order valence-electron chi connectivity index (χ1n) is 16.0. The van der Waals surface area contributed by atoms with Crippen LogP contribution in [0.4, 0.5) is 16.2 Å². The van der Waals surface area contributed by atoms with Crippen LogP contribution in [-0.2, 0) is 27.4 Å². The van der Waals surface area contributed by atoms with Gasteiger partial charge in [-0.05, 0) is 80.1 Å². The third kappa shape index (κ3) is 9.08. The monoisotopic (exact) mass is 628 g/mol. The molecule has 0 unspecified atom stereocenters.